The first kappa shape index (κ1) is 11.4. The molecule has 0 amide bonds. The molecule has 3 heterocycles. The second-order valence-electron chi connectivity index (χ2n) is 3.63. The Morgan fingerprint density at radius 1 is 1.33 bits per heavy atom. The third kappa shape index (κ3) is 1.93. The summed E-state index contributed by atoms with van der Waals surface area (Å²) in [4.78, 5) is 4.29. The Balaban J connectivity index is 2.18. The number of aromatic nitrogens is 2. The maximum Gasteiger partial charge on any atom is 0.179 e. The van der Waals surface area contributed by atoms with Gasteiger partial charge in [0.1, 0.15) is 0 Å². The standard InChI is InChI=1S/C12H8BrN3OS/c13-9-5-7(6-18-9)11-10(12(14)16-17-11)8-3-1-2-4-15-8/h1-6H,(H2,14,16). The molecule has 0 aromatic carbocycles. The van der Waals surface area contributed by atoms with E-state index in [1.165, 1.54) is 0 Å². The predicted molar refractivity (Wildman–Crippen MR) is 75.2 cm³/mol. The van der Waals surface area contributed by atoms with Crippen LogP contribution in [0, 0.1) is 0 Å². The molecule has 3 aromatic rings. The van der Waals surface area contributed by atoms with E-state index >= 15 is 0 Å². The van der Waals surface area contributed by atoms with Gasteiger partial charge < -0.3 is 10.3 Å². The van der Waals surface area contributed by atoms with E-state index in [1.54, 1.807) is 17.5 Å². The van der Waals surface area contributed by atoms with E-state index in [4.69, 9.17) is 10.3 Å². The number of nitrogens with zero attached hydrogens (tertiary/aromatic N) is 2. The van der Waals surface area contributed by atoms with Gasteiger partial charge in [-0.1, -0.05) is 11.2 Å². The highest BCUT2D eigenvalue weighted by Crippen LogP contribution is 2.38. The Morgan fingerprint density at radius 3 is 2.89 bits per heavy atom. The molecule has 0 aliphatic carbocycles. The van der Waals surface area contributed by atoms with Crippen LogP contribution in [0.5, 0.6) is 0 Å². The topological polar surface area (TPSA) is 64.9 Å². The average Bonchev–Trinajstić information content (AvgIpc) is 2.96. The Morgan fingerprint density at radius 2 is 2.22 bits per heavy atom. The van der Waals surface area contributed by atoms with Gasteiger partial charge in [0, 0.05) is 17.1 Å². The van der Waals surface area contributed by atoms with E-state index in [1.807, 2.05) is 29.6 Å². The largest absolute Gasteiger partial charge is 0.380 e. The van der Waals surface area contributed by atoms with Gasteiger partial charge >= 0.3 is 0 Å². The number of nitrogen functional groups attached to an aromatic ring is 1. The number of rotatable bonds is 2. The zero-order valence-corrected chi connectivity index (χ0v) is 11.5. The van der Waals surface area contributed by atoms with Crippen molar-refractivity contribution >= 4 is 33.1 Å². The lowest BCUT2D eigenvalue weighted by atomic mass is 10.1. The molecule has 0 aliphatic heterocycles. The fraction of sp³-hybridized carbons (Fsp3) is 0. The molecule has 18 heavy (non-hydrogen) atoms. The van der Waals surface area contributed by atoms with Crippen LogP contribution in [0.3, 0.4) is 0 Å². The molecular formula is C12H8BrN3OS. The van der Waals surface area contributed by atoms with Gasteiger partial charge in [-0.3, -0.25) is 4.98 Å². The van der Waals surface area contributed by atoms with Crippen LogP contribution in [0.2, 0.25) is 0 Å². The quantitative estimate of drug-likeness (QED) is 0.779. The van der Waals surface area contributed by atoms with Crippen molar-refractivity contribution in [2.24, 2.45) is 0 Å². The number of pyridine rings is 1. The maximum atomic E-state index is 5.86. The highest BCUT2D eigenvalue weighted by Gasteiger charge is 2.19. The Bertz CT molecular complexity index is 678. The van der Waals surface area contributed by atoms with Crippen LogP contribution in [-0.4, -0.2) is 10.1 Å². The van der Waals surface area contributed by atoms with Crippen LogP contribution in [0.25, 0.3) is 22.6 Å². The molecule has 0 aliphatic rings. The lowest BCUT2D eigenvalue weighted by Crippen LogP contribution is -1.90. The molecule has 0 saturated carbocycles. The highest BCUT2D eigenvalue weighted by atomic mass is 79.9. The first-order chi connectivity index (χ1) is 8.75. The van der Waals surface area contributed by atoms with Crippen molar-refractivity contribution in [3.63, 3.8) is 0 Å². The number of thiophene rings is 1. The van der Waals surface area contributed by atoms with Crippen molar-refractivity contribution in [1.82, 2.24) is 10.1 Å². The van der Waals surface area contributed by atoms with E-state index < -0.39 is 0 Å². The summed E-state index contributed by atoms with van der Waals surface area (Å²) in [7, 11) is 0. The first-order valence-corrected chi connectivity index (χ1v) is 6.84. The number of hydrogen-bond acceptors (Lipinski definition) is 5. The smallest absolute Gasteiger partial charge is 0.179 e. The zero-order chi connectivity index (χ0) is 12.5. The summed E-state index contributed by atoms with van der Waals surface area (Å²) >= 11 is 5.01. The second kappa shape index (κ2) is 4.55. The van der Waals surface area contributed by atoms with Crippen LogP contribution in [0.15, 0.2) is 44.2 Å². The van der Waals surface area contributed by atoms with E-state index in [9.17, 15) is 0 Å². The summed E-state index contributed by atoms with van der Waals surface area (Å²) in [6.07, 6.45) is 1.72. The van der Waals surface area contributed by atoms with Gasteiger partial charge in [-0.2, -0.15) is 0 Å². The van der Waals surface area contributed by atoms with Gasteiger partial charge in [-0.05, 0) is 34.1 Å². The second-order valence-corrected chi connectivity index (χ2v) is 5.92. The number of hydrogen-bond donors (Lipinski definition) is 1. The van der Waals surface area contributed by atoms with Gasteiger partial charge in [0.05, 0.1) is 15.0 Å². The minimum absolute atomic E-state index is 0.353. The summed E-state index contributed by atoms with van der Waals surface area (Å²) in [5, 5.41) is 5.81. The molecule has 0 fully saturated rings. The third-order valence-electron chi connectivity index (χ3n) is 2.47. The minimum Gasteiger partial charge on any atom is -0.380 e. The molecule has 0 spiro atoms. The maximum absolute atomic E-state index is 5.86. The van der Waals surface area contributed by atoms with Crippen LogP contribution >= 0.6 is 27.3 Å². The van der Waals surface area contributed by atoms with E-state index in [0.29, 0.717) is 11.6 Å². The summed E-state index contributed by atoms with van der Waals surface area (Å²) < 4.78 is 6.35. The van der Waals surface area contributed by atoms with E-state index in [-0.39, 0.29) is 0 Å². The summed E-state index contributed by atoms with van der Waals surface area (Å²) in [5.74, 6) is 0.999. The zero-order valence-electron chi connectivity index (χ0n) is 9.13. The molecular weight excluding hydrogens is 314 g/mol. The summed E-state index contributed by atoms with van der Waals surface area (Å²) in [6.45, 7) is 0. The van der Waals surface area contributed by atoms with Gasteiger partial charge in [-0.15, -0.1) is 11.3 Å². The molecule has 0 radical (unpaired) electrons. The number of anilines is 1. The van der Waals surface area contributed by atoms with E-state index in [0.717, 1.165) is 20.6 Å². The Hall–Kier alpha value is -1.66. The molecule has 3 rings (SSSR count). The van der Waals surface area contributed by atoms with Crippen molar-refractivity contribution in [1.29, 1.82) is 0 Å². The first-order valence-electron chi connectivity index (χ1n) is 5.16. The SMILES string of the molecule is Nc1noc(-c2csc(Br)c2)c1-c1ccccn1. The number of halogens is 1. The van der Waals surface area contributed by atoms with Crippen molar-refractivity contribution < 1.29 is 4.52 Å². The summed E-state index contributed by atoms with van der Waals surface area (Å²) in [5.41, 5.74) is 8.30. The van der Waals surface area contributed by atoms with Gasteiger partial charge in [0.2, 0.25) is 0 Å². The van der Waals surface area contributed by atoms with Crippen LogP contribution < -0.4 is 5.73 Å². The van der Waals surface area contributed by atoms with Crippen molar-refractivity contribution in [3.8, 4) is 22.6 Å². The van der Waals surface area contributed by atoms with Crippen molar-refractivity contribution in [2.45, 2.75) is 0 Å². The highest BCUT2D eigenvalue weighted by molar-refractivity contribution is 9.11. The molecule has 2 N–H and O–H groups in total. The van der Waals surface area contributed by atoms with Crippen LogP contribution in [-0.2, 0) is 0 Å². The molecule has 4 nitrogen and oxygen atoms in total. The van der Waals surface area contributed by atoms with E-state index in [2.05, 4.69) is 26.1 Å². The van der Waals surface area contributed by atoms with Crippen molar-refractivity contribution in [3.05, 3.63) is 39.6 Å². The third-order valence-corrected chi connectivity index (χ3v) is 3.97. The molecule has 0 saturated heterocycles. The fourth-order valence-electron chi connectivity index (χ4n) is 1.69. The van der Waals surface area contributed by atoms with Crippen LogP contribution in [0.1, 0.15) is 0 Å². The predicted octanol–water partition coefficient (Wildman–Crippen LogP) is 3.81. The molecule has 0 bridgehead atoms. The average molecular weight is 322 g/mol. The van der Waals surface area contributed by atoms with Gasteiger partial charge in [0.15, 0.2) is 11.6 Å². The monoisotopic (exact) mass is 321 g/mol. The molecule has 90 valence electrons. The van der Waals surface area contributed by atoms with Gasteiger partial charge in [-0.25, -0.2) is 0 Å². The fourth-order valence-corrected chi connectivity index (χ4v) is 2.82. The lowest BCUT2D eigenvalue weighted by Gasteiger charge is -1.99. The van der Waals surface area contributed by atoms with Crippen LogP contribution in [0.4, 0.5) is 5.82 Å². The van der Waals surface area contributed by atoms with Gasteiger partial charge in [0.25, 0.3) is 0 Å². The minimum atomic E-state index is 0.353. The Kier molecular flexibility index (Phi) is 2.89. The molecule has 6 heteroatoms. The lowest BCUT2D eigenvalue weighted by molar-refractivity contribution is 0.436. The number of nitrogens with two attached hydrogens (primary N) is 1. The normalized spacial score (nSPS) is 10.7. The molecule has 0 unspecified atom stereocenters. The summed E-state index contributed by atoms with van der Waals surface area (Å²) in [6, 6.07) is 7.61. The Labute approximate surface area is 116 Å². The van der Waals surface area contributed by atoms with Crippen molar-refractivity contribution in [2.75, 3.05) is 5.73 Å². The molecule has 3 aromatic heterocycles. The molecule has 0 atom stereocenters.